The van der Waals surface area contributed by atoms with E-state index in [1.54, 1.807) is 24.8 Å². The molecule has 1 aliphatic carbocycles. The summed E-state index contributed by atoms with van der Waals surface area (Å²) in [4.78, 5) is 30.0. The van der Waals surface area contributed by atoms with E-state index in [2.05, 4.69) is 19.9 Å². The fourth-order valence-corrected chi connectivity index (χ4v) is 4.00. The molecule has 1 fully saturated rings. The Morgan fingerprint density at radius 2 is 1.30 bits per heavy atom. The van der Waals surface area contributed by atoms with Crippen molar-refractivity contribution in [2.45, 2.75) is 29.3 Å². The van der Waals surface area contributed by atoms with Crippen molar-refractivity contribution in [1.82, 2.24) is 19.9 Å². The lowest BCUT2D eigenvalue weighted by Crippen LogP contribution is -2.12. The molecule has 1 saturated carbocycles. The van der Waals surface area contributed by atoms with Gasteiger partial charge in [0.25, 0.3) is 0 Å². The molecular formula is C18H16Cl2N4OS2. The van der Waals surface area contributed by atoms with Crippen LogP contribution in [0.3, 0.4) is 0 Å². The third kappa shape index (κ3) is 5.78. The summed E-state index contributed by atoms with van der Waals surface area (Å²) in [6.07, 6.45) is 12.6. The molecule has 9 heteroatoms. The largest absolute Gasteiger partial charge is 0.289 e. The summed E-state index contributed by atoms with van der Waals surface area (Å²) in [6.45, 7) is 0. The molecule has 3 rings (SSSR count). The van der Waals surface area contributed by atoms with E-state index < -0.39 is 0 Å². The van der Waals surface area contributed by atoms with Crippen molar-refractivity contribution in [3.8, 4) is 0 Å². The Labute approximate surface area is 176 Å². The van der Waals surface area contributed by atoms with E-state index in [4.69, 9.17) is 23.2 Å². The van der Waals surface area contributed by atoms with E-state index in [0.29, 0.717) is 21.8 Å². The second kappa shape index (κ2) is 10.2. The number of thioether (sulfide) groups is 2. The number of nitrogens with zero attached hydrogens (tertiary/aromatic N) is 4. The number of ketones is 1. The molecule has 0 aromatic carbocycles. The van der Waals surface area contributed by atoms with Gasteiger partial charge in [0.15, 0.2) is 5.78 Å². The monoisotopic (exact) mass is 438 g/mol. The first-order valence-corrected chi connectivity index (χ1v) is 11.2. The summed E-state index contributed by atoms with van der Waals surface area (Å²) in [5.74, 6) is 0.0308. The minimum Gasteiger partial charge on any atom is -0.289 e. The second-order valence-electron chi connectivity index (χ2n) is 5.59. The Kier molecular flexibility index (Phi) is 7.70. The maximum Gasteiger partial charge on any atom is 0.185 e. The average molecular weight is 439 g/mol. The topological polar surface area (TPSA) is 68.6 Å². The van der Waals surface area contributed by atoms with Gasteiger partial charge in [-0.3, -0.25) is 14.8 Å². The van der Waals surface area contributed by atoms with Crippen LogP contribution in [0.2, 0.25) is 0 Å². The predicted molar refractivity (Wildman–Crippen MR) is 112 cm³/mol. The lowest BCUT2D eigenvalue weighted by molar-refractivity contribution is -0.112. The van der Waals surface area contributed by atoms with Crippen LogP contribution in [0.15, 0.2) is 46.0 Å². The fourth-order valence-electron chi connectivity index (χ4n) is 2.60. The van der Waals surface area contributed by atoms with Gasteiger partial charge in [0.05, 0.1) is 46.6 Å². The number of carbonyl (C=O) groups excluding carboxylic acids is 1. The van der Waals surface area contributed by atoms with E-state index in [-0.39, 0.29) is 5.78 Å². The van der Waals surface area contributed by atoms with Crippen molar-refractivity contribution in [3.63, 3.8) is 0 Å². The van der Waals surface area contributed by atoms with Crippen molar-refractivity contribution in [1.29, 1.82) is 0 Å². The first-order valence-electron chi connectivity index (χ1n) is 8.17. The van der Waals surface area contributed by atoms with Crippen molar-refractivity contribution < 1.29 is 4.79 Å². The molecule has 140 valence electrons. The van der Waals surface area contributed by atoms with Gasteiger partial charge in [-0.05, 0) is 31.4 Å². The predicted octanol–water partition coefficient (Wildman–Crippen LogP) is 5.06. The van der Waals surface area contributed by atoms with Crippen molar-refractivity contribution in [2.75, 3.05) is 10.4 Å². The molecule has 5 nitrogen and oxygen atoms in total. The maximum atomic E-state index is 12.8. The Morgan fingerprint density at radius 3 is 1.67 bits per heavy atom. The molecule has 2 aromatic rings. The Morgan fingerprint density at radius 1 is 0.815 bits per heavy atom. The number of aromatic nitrogens is 4. The van der Waals surface area contributed by atoms with Crippen LogP contribution in [0.1, 0.15) is 30.7 Å². The molecule has 0 N–H and O–H groups in total. The quantitative estimate of drug-likeness (QED) is 0.354. The number of halogens is 2. The summed E-state index contributed by atoms with van der Waals surface area (Å²) < 4.78 is 0. The molecule has 0 saturated heterocycles. The highest BCUT2D eigenvalue weighted by atomic mass is 35.5. The highest BCUT2D eigenvalue weighted by Gasteiger charge is 2.21. The van der Waals surface area contributed by atoms with Gasteiger partial charge in [-0.1, -0.05) is 23.5 Å². The van der Waals surface area contributed by atoms with Crippen LogP contribution in [-0.4, -0.2) is 36.1 Å². The van der Waals surface area contributed by atoms with Gasteiger partial charge < -0.3 is 0 Å². The Balaban J connectivity index is 1.76. The SMILES string of the molecule is O=C1/C(=C/c2cnc(SCCl)cn2)CCC/C1=C\c1cnc(SCCl)cn1. The molecule has 27 heavy (non-hydrogen) atoms. The van der Waals surface area contributed by atoms with Gasteiger partial charge in [-0.15, -0.1) is 23.2 Å². The van der Waals surface area contributed by atoms with Crippen LogP contribution >= 0.6 is 46.7 Å². The number of Topliss-reactive ketones (excluding diaryl/α,β-unsaturated/α-hetero) is 1. The number of allylic oxidation sites excluding steroid dienone is 2. The smallest absolute Gasteiger partial charge is 0.185 e. The maximum absolute atomic E-state index is 12.8. The molecule has 2 aromatic heterocycles. The van der Waals surface area contributed by atoms with Gasteiger partial charge in [0.2, 0.25) is 0 Å². The number of hydrogen-bond donors (Lipinski definition) is 0. The van der Waals surface area contributed by atoms with Gasteiger partial charge in [-0.2, -0.15) is 0 Å². The lowest BCUT2D eigenvalue weighted by atomic mass is 9.88. The highest BCUT2D eigenvalue weighted by molar-refractivity contribution is 8.00. The lowest BCUT2D eigenvalue weighted by Gasteiger charge is -2.16. The molecule has 0 radical (unpaired) electrons. The van der Waals surface area contributed by atoms with Crippen LogP contribution in [0.25, 0.3) is 12.2 Å². The van der Waals surface area contributed by atoms with Crippen molar-refractivity contribution in [2.24, 2.45) is 0 Å². The van der Waals surface area contributed by atoms with Crippen LogP contribution in [0, 0.1) is 0 Å². The van der Waals surface area contributed by atoms with Gasteiger partial charge in [0.1, 0.15) is 10.1 Å². The molecule has 0 atom stereocenters. The summed E-state index contributed by atoms with van der Waals surface area (Å²) >= 11 is 14.2. The van der Waals surface area contributed by atoms with Crippen molar-refractivity contribution in [3.05, 3.63) is 47.3 Å². The molecule has 1 aliphatic rings. The zero-order valence-electron chi connectivity index (χ0n) is 14.3. The van der Waals surface area contributed by atoms with E-state index >= 15 is 0 Å². The Bertz CT molecular complexity index is 785. The fraction of sp³-hybridized carbons (Fsp3) is 0.278. The first kappa shape index (κ1) is 20.3. The van der Waals surface area contributed by atoms with E-state index in [1.165, 1.54) is 23.5 Å². The molecular weight excluding hydrogens is 423 g/mol. The summed E-state index contributed by atoms with van der Waals surface area (Å²) in [7, 11) is 0. The minimum absolute atomic E-state index is 0.0308. The van der Waals surface area contributed by atoms with Crippen molar-refractivity contribution >= 4 is 64.7 Å². The highest BCUT2D eigenvalue weighted by Crippen LogP contribution is 2.27. The molecule has 0 spiro atoms. The molecule has 0 amide bonds. The van der Waals surface area contributed by atoms with Crippen LogP contribution < -0.4 is 0 Å². The van der Waals surface area contributed by atoms with Crippen LogP contribution in [0.5, 0.6) is 0 Å². The number of alkyl halides is 2. The van der Waals surface area contributed by atoms with E-state index in [1.807, 2.05) is 12.2 Å². The van der Waals surface area contributed by atoms with Gasteiger partial charge >= 0.3 is 0 Å². The molecule has 0 aliphatic heterocycles. The molecule has 2 heterocycles. The Hall–Kier alpha value is -1.41. The third-order valence-corrected chi connectivity index (χ3v) is 5.71. The zero-order valence-corrected chi connectivity index (χ0v) is 17.4. The summed E-state index contributed by atoms with van der Waals surface area (Å²) in [5, 5.41) is 2.38. The minimum atomic E-state index is 0.0308. The van der Waals surface area contributed by atoms with Gasteiger partial charge in [-0.25, -0.2) is 9.97 Å². The summed E-state index contributed by atoms with van der Waals surface area (Å²) in [6, 6.07) is 0. The number of carbonyl (C=O) groups is 1. The van der Waals surface area contributed by atoms with Crippen LogP contribution in [0.4, 0.5) is 0 Å². The van der Waals surface area contributed by atoms with Gasteiger partial charge in [0, 0.05) is 11.1 Å². The first-order chi connectivity index (χ1) is 13.2. The molecule has 0 bridgehead atoms. The van der Waals surface area contributed by atoms with Crippen LogP contribution in [-0.2, 0) is 4.79 Å². The summed E-state index contributed by atoms with van der Waals surface area (Å²) in [5.41, 5.74) is 2.81. The zero-order chi connectivity index (χ0) is 19.1. The standard InChI is InChI=1S/C18H16Cl2N4OS2/c19-10-26-16-8-21-14(6-23-16)4-12-2-1-3-13(18(12)25)5-15-7-24-17(9-22-15)27-11-20/h4-9H,1-3,10-11H2/b12-4+,13-5+. The van der Waals surface area contributed by atoms with E-state index in [0.717, 1.165) is 40.5 Å². The third-order valence-electron chi connectivity index (χ3n) is 3.82. The normalized spacial score (nSPS) is 17.6. The number of rotatable bonds is 6. The van der Waals surface area contributed by atoms with E-state index in [9.17, 15) is 4.79 Å². The second-order valence-corrected chi connectivity index (χ2v) is 8.75. The number of hydrogen-bond acceptors (Lipinski definition) is 7. The molecule has 0 unspecified atom stereocenters. The average Bonchev–Trinajstić information content (AvgIpc) is 2.68.